The Morgan fingerprint density at radius 2 is 1.48 bits per heavy atom. The number of benzene rings is 3. The fraction of sp³-hybridized carbons (Fsp3) is 0.174. The van der Waals surface area contributed by atoms with E-state index in [0.717, 1.165) is 28.0 Å². The average Bonchev–Trinajstić information content (AvgIpc) is 3.07. The van der Waals surface area contributed by atoms with Gasteiger partial charge in [0.15, 0.2) is 0 Å². The van der Waals surface area contributed by atoms with Gasteiger partial charge in [-0.3, -0.25) is 0 Å². The molecular weight excluding hydrogens is 382 g/mol. The summed E-state index contributed by atoms with van der Waals surface area (Å²) in [4.78, 5) is 5.06. The van der Waals surface area contributed by atoms with Crippen molar-refractivity contribution in [1.82, 2.24) is 14.3 Å². The van der Waals surface area contributed by atoms with Crippen LogP contribution in [0, 0.1) is 13.8 Å². The number of para-hydroxylation sites is 2. The number of rotatable bonds is 6. The van der Waals surface area contributed by atoms with Gasteiger partial charge in [0.2, 0.25) is 10.0 Å². The van der Waals surface area contributed by atoms with Crippen LogP contribution in [0.4, 0.5) is 0 Å². The first-order chi connectivity index (χ1) is 13.9. The van der Waals surface area contributed by atoms with Crippen molar-refractivity contribution in [2.75, 3.05) is 6.54 Å². The minimum atomic E-state index is -3.55. The Bertz CT molecular complexity index is 1240. The molecule has 148 valence electrons. The highest BCUT2D eigenvalue weighted by Crippen LogP contribution is 2.25. The monoisotopic (exact) mass is 405 g/mol. The van der Waals surface area contributed by atoms with Crippen LogP contribution in [0.15, 0.2) is 77.7 Å². The summed E-state index contributed by atoms with van der Waals surface area (Å²) in [6.07, 6.45) is 0. The lowest BCUT2D eigenvalue weighted by atomic mass is 10.1. The standard InChI is InChI=1S/C23H23N3O2S/c1-17-7-11-19(12-8-17)23-25-21-5-3-4-6-22(21)26(23)16-15-24-29(27,28)20-13-9-18(2)10-14-20/h3-14,24H,15-16H2,1-2H3. The minimum Gasteiger partial charge on any atom is -0.323 e. The number of imidazole rings is 1. The van der Waals surface area contributed by atoms with Crippen molar-refractivity contribution in [3.8, 4) is 11.4 Å². The summed E-state index contributed by atoms with van der Waals surface area (Å²) in [5, 5.41) is 0. The Morgan fingerprint density at radius 3 is 2.17 bits per heavy atom. The van der Waals surface area contributed by atoms with Crippen LogP contribution in [0.25, 0.3) is 22.4 Å². The summed E-state index contributed by atoms with van der Waals surface area (Å²) in [7, 11) is -3.55. The van der Waals surface area contributed by atoms with Crippen LogP contribution in [-0.4, -0.2) is 24.5 Å². The third-order valence-corrected chi connectivity index (χ3v) is 6.40. The Balaban J connectivity index is 1.61. The topological polar surface area (TPSA) is 64.0 Å². The normalized spacial score (nSPS) is 11.8. The van der Waals surface area contributed by atoms with Gasteiger partial charge in [-0.1, -0.05) is 59.7 Å². The molecule has 6 heteroatoms. The number of nitrogens with one attached hydrogen (secondary N) is 1. The van der Waals surface area contributed by atoms with E-state index in [4.69, 9.17) is 4.98 Å². The van der Waals surface area contributed by atoms with Crippen molar-refractivity contribution in [2.45, 2.75) is 25.3 Å². The van der Waals surface area contributed by atoms with Gasteiger partial charge in [0.25, 0.3) is 0 Å². The summed E-state index contributed by atoms with van der Waals surface area (Å²) in [5.74, 6) is 0.834. The highest BCUT2D eigenvalue weighted by Gasteiger charge is 2.15. The van der Waals surface area contributed by atoms with Crippen molar-refractivity contribution in [3.63, 3.8) is 0 Å². The Morgan fingerprint density at radius 1 is 0.862 bits per heavy atom. The van der Waals surface area contributed by atoms with E-state index in [-0.39, 0.29) is 11.4 Å². The molecule has 0 radical (unpaired) electrons. The van der Waals surface area contributed by atoms with Crippen LogP contribution in [-0.2, 0) is 16.6 Å². The molecule has 0 fully saturated rings. The lowest BCUT2D eigenvalue weighted by molar-refractivity contribution is 0.574. The van der Waals surface area contributed by atoms with Crippen LogP contribution < -0.4 is 4.72 Å². The Hall–Kier alpha value is -2.96. The molecule has 4 aromatic rings. The molecule has 1 heterocycles. The molecule has 29 heavy (non-hydrogen) atoms. The summed E-state index contributed by atoms with van der Waals surface area (Å²) in [6, 6.07) is 23.0. The van der Waals surface area contributed by atoms with Crippen molar-refractivity contribution < 1.29 is 8.42 Å². The summed E-state index contributed by atoms with van der Waals surface area (Å²) in [6.45, 7) is 4.73. The van der Waals surface area contributed by atoms with Gasteiger partial charge in [-0.2, -0.15) is 0 Å². The van der Waals surface area contributed by atoms with Crippen molar-refractivity contribution >= 4 is 21.1 Å². The predicted molar refractivity (Wildman–Crippen MR) is 116 cm³/mol. The van der Waals surface area contributed by atoms with Crippen LogP contribution in [0.3, 0.4) is 0 Å². The number of hydrogen-bond acceptors (Lipinski definition) is 3. The number of fused-ring (bicyclic) bond motifs is 1. The molecule has 0 saturated heterocycles. The zero-order chi connectivity index (χ0) is 20.4. The predicted octanol–water partition coefficient (Wildman–Crippen LogP) is 4.30. The molecule has 0 aliphatic carbocycles. The van der Waals surface area contributed by atoms with Gasteiger partial charge < -0.3 is 4.57 Å². The molecule has 0 atom stereocenters. The SMILES string of the molecule is Cc1ccc(-c2nc3ccccc3n2CCNS(=O)(=O)c2ccc(C)cc2)cc1. The molecule has 0 aliphatic heterocycles. The maximum Gasteiger partial charge on any atom is 0.240 e. The average molecular weight is 406 g/mol. The van der Waals surface area contributed by atoms with Crippen LogP contribution in [0.5, 0.6) is 0 Å². The molecule has 4 rings (SSSR count). The van der Waals surface area contributed by atoms with E-state index >= 15 is 0 Å². The molecule has 1 N–H and O–H groups in total. The van der Waals surface area contributed by atoms with E-state index in [1.165, 1.54) is 5.56 Å². The van der Waals surface area contributed by atoms with Gasteiger partial charge in [-0.15, -0.1) is 0 Å². The number of aromatic nitrogens is 2. The first kappa shape index (κ1) is 19.4. The van der Waals surface area contributed by atoms with Crippen molar-refractivity contribution in [1.29, 1.82) is 0 Å². The van der Waals surface area contributed by atoms with Crippen LogP contribution in [0.1, 0.15) is 11.1 Å². The first-order valence-corrected chi connectivity index (χ1v) is 11.0. The third kappa shape index (κ3) is 4.09. The Labute approximate surface area is 171 Å². The highest BCUT2D eigenvalue weighted by molar-refractivity contribution is 7.89. The fourth-order valence-electron chi connectivity index (χ4n) is 3.32. The number of aryl methyl sites for hydroxylation is 2. The van der Waals surface area contributed by atoms with Crippen molar-refractivity contribution in [3.05, 3.63) is 83.9 Å². The maximum absolute atomic E-state index is 12.6. The van der Waals surface area contributed by atoms with E-state index < -0.39 is 10.0 Å². The first-order valence-electron chi connectivity index (χ1n) is 9.53. The molecule has 0 spiro atoms. The van der Waals surface area contributed by atoms with Gasteiger partial charge in [-0.25, -0.2) is 18.1 Å². The lowest BCUT2D eigenvalue weighted by Crippen LogP contribution is -2.27. The number of hydrogen-bond donors (Lipinski definition) is 1. The molecule has 0 saturated carbocycles. The summed E-state index contributed by atoms with van der Waals surface area (Å²) < 4.78 is 30.0. The fourth-order valence-corrected chi connectivity index (χ4v) is 4.34. The third-order valence-electron chi connectivity index (χ3n) is 4.92. The van der Waals surface area contributed by atoms with E-state index in [1.54, 1.807) is 24.3 Å². The molecule has 3 aromatic carbocycles. The van der Waals surface area contributed by atoms with Gasteiger partial charge in [-0.05, 0) is 38.1 Å². The Kier molecular flexibility index (Phi) is 5.22. The molecular formula is C23H23N3O2S. The summed E-state index contributed by atoms with van der Waals surface area (Å²) in [5.41, 5.74) is 5.09. The van der Waals surface area contributed by atoms with Gasteiger partial charge in [0.1, 0.15) is 5.82 Å². The summed E-state index contributed by atoms with van der Waals surface area (Å²) >= 11 is 0. The molecule has 0 bridgehead atoms. The molecule has 5 nitrogen and oxygen atoms in total. The second-order valence-electron chi connectivity index (χ2n) is 7.15. The van der Waals surface area contributed by atoms with Crippen LogP contribution in [0.2, 0.25) is 0 Å². The highest BCUT2D eigenvalue weighted by atomic mass is 32.2. The quantitative estimate of drug-likeness (QED) is 0.520. The lowest BCUT2D eigenvalue weighted by Gasteiger charge is -2.11. The van der Waals surface area contributed by atoms with Gasteiger partial charge in [0.05, 0.1) is 15.9 Å². The molecule has 0 aliphatic rings. The second kappa shape index (κ2) is 7.81. The maximum atomic E-state index is 12.6. The zero-order valence-corrected chi connectivity index (χ0v) is 17.3. The van der Waals surface area contributed by atoms with Gasteiger partial charge >= 0.3 is 0 Å². The molecule has 1 aromatic heterocycles. The largest absolute Gasteiger partial charge is 0.323 e. The van der Waals surface area contributed by atoms with E-state index in [0.29, 0.717) is 6.54 Å². The minimum absolute atomic E-state index is 0.273. The smallest absolute Gasteiger partial charge is 0.240 e. The van der Waals surface area contributed by atoms with E-state index in [2.05, 4.69) is 21.4 Å². The van der Waals surface area contributed by atoms with Crippen molar-refractivity contribution in [2.24, 2.45) is 0 Å². The number of sulfonamides is 1. The van der Waals surface area contributed by atoms with Gasteiger partial charge in [0, 0.05) is 18.7 Å². The van der Waals surface area contributed by atoms with E-state index in [1.807, 2.05) is 50.2 Å². The second-order valence-corrected chi connectivity index (χ2v) is 8.92. The molecule has 0 unspecified atom stereocenters. The van der Waals surface area contributed by atoms with E-state index in [9.17, 15) is 8.42 Å². The van der Waals surface area contributed by atoms with Crippen LogP contribution >= 0.6 is 0 Å². The zero-order valence-electron chi connectivity index (χ0n) is 16.5. The number of nitrogens with zero attached hydrogens (tertiary/aromatic N) is 2. The molecule has 0 amide bonds.